The van der Waals surface area contributed by atoms with Crippen LogP contribution in [0.25, 0.3) is 0 Å². The van der Waals surface area contributed by atoms with E-state index in [0.29, 0.717) is 19.4 Å². The average Bonchev–Trinajstić information content (AvgIpc) is 2.10. The summed E-state index contributed by atoms with van der Waals surface area (Å²) < 4.78 is 0. The SMILES string of the molecule is CCN=C(N)NC1CCC(=O)NC1=O. The number of hydrogen-bond acceptors (Lipinski definition) is 3. The fraction of sp³-hybridized carbons (Fsp3) is 0.625. The number of piperidine rings is 1. The highest BCUT2D eigenvalue weighted by atomic mass is 16.2. The molecule has 1 aliphatic heterocycles. The van der Waals surface area contributed by atoms with Gasteiger partial charge in [0.05, 0.1) is 0 Å². The second kappa shape index (κ2) is 4.59. The summed E-state index contributed by atoms with van der Waals surface area (Å²) in [6, 6.07) is -0.442. The molecule has 0 bridgehead atoms. The number of guanidine groups is 1. The van der Waals surface area contributed by atoms with E-state index in [0.717, 1.165) is 0 Å². The smallest absolute Gasteiger partial charge is 0.249 e. The van der Waals surface area contributed by atoms with Crippen molar-refractivity contribution in [2.24, 2.45) is 10.7 Å². The summed E-state index contributed by atoms with van der Waals surface area (Å²) in [6.45, 7) is 2.41. The Morgan fingerprint density at radius 3 is 3.00 bits per heavy atom. The molecule has 1 atom stereocenters. The third kappa shape index (κ3) is 2.72. The molecular formula is C8H14N4O2. The van der Waals surface area contributed by atoms with Gasteiger partial charge in [0.25, 0.3) is 0 Å². The van der Waals surface area contributed by atoms with E-state index >= 15 is 0 Å². The van der Waals surface area contributed by atoms with Gasteiger partial charge in [0, 0.05) is 13.0 Å². The van der Waals surface area contributed by atoms with E-state index in [4.69, 9.17) is 5.73 Å². The number of carbonyl (C=O) groups excluding carboxylic acids is 2. The van der Waals surface area contributed by atoms with Gasteiger partial charge in [-0.3, -0.25) is 19.9 Å². The monoisotopic (exact) mass is 198 g/mol. The Kier molecular flexibility index (Phi) is 3.44. The number of amides is 2. The number of imide groups is 1. The molecule has 1 unspecified atom stereocenters. The standard InChI is InChI=1S/C8H14N4O2/c1-2-10-8(9)11-5-3-4-6(13)12-7(5)14/h5H,2-4H2,1H3,(H3,9,10,11)(H,12,13,14). The van der Waals surface area contributed by atoms with Crippen LogP contribution >= 0.6 is 0 Å². The highest BCUT2D eigenvalue weighted by molar-refractivity contribution is 6.01. The van der Waals surface area contributed by atoms with E-state index in [9.17, 15) is 9.59 Å². The van der Waals surface area contributed by atoms with Crippen molar-refractivity contribution in [3.8, 4) is 0 Å². The van der Waals surface area contributed by atoms with Gasteiger partial charge in [-0.05, 0) is 13.3 Å². The first-order valence-corrected chi connectivity index (χ1v) is 4.53. The lowest BCUT2D eigenvalue weighted by molar-refractivity contribution is -0.134. The molecule has 1 saturated heterocycles. The molecule has 6 nitrogen and oxygen atoms in total. The number of nitrogens with two attached hydrogens (primary N) is 1. The van der Waals surface area contributed by atoms with Crippen LogP contribution in [0.15, 0.2) is 4.99 Å². The van der Waals surface area contributed by atoms with E-state index in [1.54, 1.807) is 0 Å². The summed E-state index contributed by atoms with van der Waals surface area (Å²) in [5, 5.41) is 4.98. The molecule has 0 spiro atoms. The van der Waals surface area contributed by atoms with Crippen molar-refractivity contribution in [3.63, 3.8) is 0 Å². The highest BCUT2D eigenvalue weighted by Gasteiger charge is 2.26. The van der Waals surface area contributed by atoms with Gasteiger partial charge in [-0.2, -0.15) is 0 Å². The predicted molar refractivity (Wildman–Crippen MR) is 51.5 cm³/mol. The summed E-state index contributed by atoms with van der Waals surface area (Å²) in [5.74, 6) is -0.337. The Bertz CT molecular complexity index is 275. The van der Waals surface area contributed by atoms with Gasteiger partial charge >= 0.3 is 0 Å². The molecule has 0 aromatic carbocycles. The maximum atomic E-state index is 11.2. The topological polar surface area (TPSA) is 96.6 Å². The van der Waals surface area contributed by atoms with E-state index in [2.05, 4.69) is 15.6 Å². The van der Waals surface area contributed by atoms with Crippen molar-refractivity contribution in [3.05, 3.63) is 0 Å². The zero-order valence-electron chi connectivity index (χ0n) is 8.04. The molecule has 1 aliphatic rings. The molecule has 4 N–H and O–H groups in total. The summed E-state index contributed by atoms with van der Waals surface area (Å²) >= 11 is 0. The van der Waals surface area contributed by atoms with Crippen LogP contribution in [0.1, 0.15) is 19.8 Å². The number of nitrogens with zero attached hydrogens (tertiary/aromatic N) is 1. The maximum absolute atomic E-state index is 11.2. The fourth-order valence-electron chi connectivity index (χ4n) is 1.23. The van der Waals surface area contributed by atoms with Gasteiger partial charge < -0.3 is 11.1 Å². The van der Waals surface area contributed by atoms with E-state index < -0.39 is 6.04 Å². The lowest BCUT2D eigenvalue weighted by Crippen LogP contribution is -2.53. The molecule has 6 heteroatoms. The molecule has 2 amide bonds. The molecule has 1 rings (SSSR count). The van der Waals surface area contributed by atoms with Crippen LogP contribution in [0.2, 0.25) is 0 Å². The Morgan fingerprint density at radius 1 is 1.71 bits per heavy atom. The summed E-state index contributed by atoms with van der Waals surface area (Å²) in [4.78, 5) is 25.9. The van der Waals surface area contributed by atoms with Gasteiger partial charge in [-0.25, -0.2) is 0 Å². The molecule has 0 aromatic heterocycles. The van der Waals surface area contributed by atoms with E-state index in [-0.39, 0.29) is 17.8 Å². The number of hydrogen-bond donors (Lipinski definition) is 3. The van der Waals surface area contributed by atoms with Gasteiger partial charge in [0.1, 0.15) is 6.04 Å². The van der Waals surface area contributed by atoms with Crippen LogP contribution < -0.4 is 16.4 Å². The van der Waals surface area contributed by atoms with Crippen molar-refractivity contribution < 1.29 is 9.59 Å². The van der Waals surface area contributed by atoms with Crippen LogP contribution in [0.4, 0.5) is 0 Å². The van der Waals surface area contributed by atoms with Crippen LogP contribution in [-0.2, 0) is 9.59 Å². The minimum absolute atomic E-state index is 0.237. The van der Waals surface area contributed by atoms with Crippen LogP contribution in [0.5, 0.6) is 0 Å². The van der Waals surface area contributed by atoms with Crippen LogP contribution in [0, 0.1) is 0 Å². The molecule has 0 saturated carbocycles. The second-order valence-corrected chi connectivity index (χ2v) is 3.01. The maximum Gasteiger partial charge on any atom is 0.249 e. The third-order valence-corrected chi connectivity index (χ3v) is 1.89. The summed E-state index contributed by atoms with van der Waals surface area (Å²) in [5.41, 5.74) is 5.49. The molecule has 14 heavy (non-hydrogen) atoms. The summed E-state index contributed by atoms with van der Waals surface area (Å²) in [7, 11) is 0. The van der Waals surface area contributed by atoms with Crippen LogP contribution in [-0.4, -0.2) is 30.4 Å². The van der Waals surface area contributed by atoms with Gasteiger partial charge in [-0.1, -0.05) is 0 Å². The van der Waals surface area contributed by atoms with Gasteiger partial charge in [0.15, 0.2) is 5.96 Å². The van der Waals surface area contributed by atoms with E-state index in [1.165, 1.54) is 0 Å². The normalized spacial score (nSPS) is 23.2. The van der Waals surface area contributed by atoms with E-state index in [1.807, 2.05) is 6.92 Å². The number of carbonyl (C=O) groups is 2. The Balaban J connectivity index is 2.49. The van der Waals surface area contributed by atoms with Crippen molar-refractivity contribution >= 4 is 17.8 Å². The van der Waals surface area contributed by atoms with Crippen molar-refractivity contribution in [1.29, 1.82) is 0 Å². The zero-order chi connectivity index (χ0) is 10.6. The Labute approximate surface area is 81.9 Å². The lowest BCUT2D eigenvalue weighted by Gasteiger charge is -2.21. The predicted octanol–water partition coefficient (Wildman–Crippen LogP) is -1.28. The second-order valence-electron chi connectivity index (χ2n) is 3.01. The van der Waals surface area contributed by atoms with Crippen molar-refractivity contribution in [2.45, 2.75) is 25.8 Å². The van der Waals surface area contributed by atoms with Gasteiger partial charge in [0.2, 0.25) is 11.8 Å². The first-order valence-electron chi connectivity index (χ1n) is 4.53. The average molecular weight is 198 g/mol. The fourth-order valence-corrected chi connectivity index (χ4v) is 1.23. The molecular weight excluding hydrogens is 184 g/mol. The molecule has 0 radical (unpaired) electrons. The molecule has 1 fully saturated rings. The minimum atomic E-state index is -0.442. The molecule has 1 heterocycles. The minimum Gasteiger partial charge on any atom is -0.370 e. The highest BCUT2D eigenvalue weighted by Crippen LogP contribution is 2.03. The van der Waals surface area contributed by atoms with Crippen LogP contribution in [0.3, 0.4) is 0 Å². The number of rotatable bonds is 2. The first-order chi connectivity index (χ1) is 6.63. The quantitative estimate of drug-likeness (QED) is 0.292. The Hall–Kier alpha value is -1.59. The summed E-state index contributed by atoms with van der Waals surface area (Å²) in [6.07, 6.45) is 0.799. The zero-order valence-corrected chi connectivity index (χ0v) is 8.04. The number of nitrogens with one attached hydrogen (secondary N) is 2. The molecule has 0 aliphatic carbocycles. The number of aliphatic imine (C=N–C) groups is 1. The first kappa shape index (κ1) is 10.5. The third-order valence-electron chi connectivity index (χ3n) is 1.89. The lowest BCUT2D eigenvalue weighted by atomic mass is 10.1. The largest absolute Gasteiger partial charge is 0.370 e. The van der Waals surface area contributed by atoms with Crippen molar-refractivity contribution in [1.82, 2.24) is 10.6 Å². The molecule has 0 aromatic rings. The van der Waals surface area contributed by atoms with Gasteiger partial charge in [-0.15, -0.1) is 0 Å². The van der Waals surface area contributed by atoms with Crippen molar-refractivity contribution in [2.75, 3.05) is 6.54 Å². The molecule has 78 valence electrons. The Morgan fingerprint density at radius 2 is 2.43 bits per heavy atom.